The van der Waals surface area contributed by atoms with Gasteiger partial charge in [0.2, 0.25) is 5.43 Å². The highest BCUT2D eigenvalue weighted by Gasteiger charge is 2.11. The van der Waals surface area contributed by atoms with Crippen LogP contribution < -0.4 is 10.2 Å². The van der Waals surface area contributed by atoms with Crippen LogP contribution in [0.15, 0.2) is 33.5 Å². The maximum Gasteiger partial charge on any atom is 0.285 e. The van der Waals surface area contributed by atoms with E-state index in [2.05, 4.69) is 26.1 Å². The molecular weight excluding hydrogens is 331 g/mol. The average Bonchev–Trinajstić information content (AvgIpc) is 2.26. The summed E-state index contributed by atoms with van der Waals surface area (Å²) in [7, 11) is 0. The summed E-state index contributed by atoms with van der Waals surface area (Å²) < 4.78 is 5.96. The molecule has 1 aromatic heterocycles. The SMILES string of the molecule is O=c1cc(Cl)[nH]nc1Oc1c(Cl)cccc1Br. The third kappa shape index (κ3) is 2.80. The normalized spacial score (nSPS) is 10.3. The molecule has 0 atom stereocenters. The number of halogens is 3. The average molecular weight is 336 g/mol. The van der Waals surface area contributed by atoms with Gasteiger partial charge in [0.05, 0.1) is 9.50 Å². The van der Waals surface area contributed by atoms with Crippen molar-refractivity contribution in [1.82, 2.24) is 10.2 Å². The molecule has 0 spiro atoms. The van der Waals surface area contributed by atoms with Crippen LogP contribution in [0, 0.1) is 0 Å². The van der Waals surface area contributed by atoms with E-state index in [0.29, 0.717) is 15.2 Å². The molecule has 0 aliphatic carbocycles. The topological polar surface area (TPSA) is 55.0 Å². The minimum Gasteiger partial charge on any atom is -0.432 e. The molecule has 0 bridgehead atoms. The molecule has 2 rings (SSSR count). The van der Waals surface area contributed by atoms with Crippen LogP contribution in [0.2, 0.25) is 10.2 Å². The first kappa shape index (κ1) is 12.4. The van der Waals surface area contributed by atoms with Gasteiger partial charge >= 0.3 is 0 Å². The second kappa shape index (κ2) is 5.08. The van der Waals surface area contributed by atoms with E-state index < -0.39 is 5.43 Å². The lowest BCUT2D eigenvalue weighted by molar-refractivity contribution is 0.448. The monoisotopic (exact) mass is 334 g/mol. The Balaban J connectivity index is 2.42. The number of aromatic amines is 1. The third-order valence-corrected chi connectivity index (χ3v) is 2.97. The van der Waals surface area contributed by atoms with Crippen molar-refractivity contribution in [3.05, 3.63) is 49.1 Å². The van der Waals surface area contributed by atoms with E-state index in [1.54, 1.807) is 18.2 Å². The number of para-hydroxylation sites is 1. The van der Waals surface area contributed by atoms with E-state index in [-0.39, 0.29) is 11.0 Å². The zero-order valence-corrected chi connectivity index (χ0v) is 11.3. The number of nitrogens with zero attached hydrogens (tertiary/aromatic N) is 1. The second-order valence-corrected chi connectivity index (χ2v) is 4.71. The van der Waals surface area contributed by atoms with Crippen LogP contribution in [0.1, 0.15) is 0 Å². The fourth-order valence-electron chi connectivity index (χ4n) is 1.12. The van der Waals surface area contributed by atoms with Crippen LogP contribution >= 0.6 is 39.1 Å². The quantitative estimate of drug-likeness (QED) is 0.911. The minimum absolute atomic E-state index is 0.122. The van der Waals surface area contributed by atoms with Crippen LogP contribution in [0.25, 0.3) is 0 Å². The molecule has 0 fully saturated rings. The number of hydrogen-bond donors (Lipinski definition) is 1. The smallest absolute Gasteiger partial charge is 0.285 e. The van der Waals surface area contributed by atoms with Crippen LogP contribution in [0.4, 0.5) is 0 Å². The maximum absolute atomic E-state index is 11.5. The van der Waals surface area contributed by atoms with Crippen molar-refractivity contribution in [2.24, 2.45) is 0 Å². The van der Waals surface area contributed by atoms with Crippen molar-refractivity contribution in [2.75, 3.05) is 0 Å². The molecule has 4 nitrogen and oxygen atoms in total. The summed E-state index contributed by atoms with van der Waals surface area (Å²) in [6.45, 7) is 0. The summed E-state index contributed by atoms with van der Waals surface area (Å²) in [5, 5.41) is 6.63. The first-order valence-corrected chi connectivity index (χ1v) is 6.00. The number of benzene rings is 1. The number of ether oxygens (including phenoxy) is 1. The Morgan fingerprint density at radius 3 is 2.76 bits per heavy atom. The van der Waals surface area contributed by atoms with Gasteiger partial charge in [-0.3, -0.25) is 9.89 Å². The van der Waals surface area contributed by atoms with Crippen LogP contribution in [-0.2, 0) is 0 Å². The summed E-state index contributed by atoms with van der Waals surface area (Å²) >= 11 is 14.8. The fraction of sp³-hybridized carbons (Fsp3) is 0. The van der Waals surface area contributed by atoms with Gasteiger partial charge in [-0.25, -0.2) is 0 Å². The molecule has 0 amide bonds. The van der Waals surface area contributed by atoms with E-state index in [0.717, 1.165) is 0 Å². The molecule has 1 aromatic carbocycles. The van der Waals surface area contributed by atoms with Crippen molar-refractivity contribution < 1.29 is 4.74 Å². The molecule has 2 aromatic rings. The summed E-state index contributed by atoms with van der Waals surface area (Å²) in [4.78, 5) is 11.5. The Hall–Kier alpha value is -1.04. The molecule has 7 heteroatoms. The van der Waals surface area contributed by atoms with E-state index in [9.17, 15) is 4.79 Å². The molecule has 0 aliphatic rings. The lowest BCUT2D eigenvalue weighted by atomic mass is 10.3. The first-order chi connectivity index (χ1) is 8.08. The highest BCUT2D eigenvalue weighted by atomic mass is 79.9. The van der Waals surface area contributed by atoms with Gasteiger partial charge in [-0.1, -0.05) is 29.3 Å². The van der Waals surface area contributed by atoms with Crippen molar-refractivity contribution >= 4 is 39.1 Å². The number of H-pyrrole nitrogens is 1. The summed E-state index contributed by atoms with van der Waals surface area (Å²) in [6, 6.07) is 6.31. The standard InChI is InChI=1S/C10H5BrCl2N2O2/c11-5-2-1-3-6(12)9(5)17-10-7(16)4-8(13)14-15-10/h1-4H,(H,14,16). The van der Waals surface area contributed by atoms with Crippen LogP contribution in [0.5, 0.6) is 11.6 Å². The minimum atomic E-state index is -0.430. The molecular formula is C10H5BrCl2N2O2. The highest BCUT2D eigenvalue weighted by molar-refractivity contribution is 9.10. The lowest BCUT2D eigenvalue weighted by Crippen LogP contribution is -2.07. The maximum atomic E-state index is 11.5. The summed E-state index contributed by atoms with van der Waals surface area (Å²) in [5.41, 5.74) is -0.430. The van der Waals surface area contributed by atoms with Gasteiger partial charge < -0.3 is 4.74 Å². The lowest BCUT2D eigenvalue weighted by Gasteiger charge is -2.07. The number of nitrogens with one attached hydrogen (secondary N) is 1. The third-order valence-electron chi connectivity index (χ3n) is 1.85. The number of hydrogen-bond acceptors (Lipinski definition) is 3. The summed E-state index contributed by atoms with van der Waals surface area (Å²) in [5.74, 6) is 0.206. The van der Waals surface area contributed by atoms with Gasteiger partial charge in [0.25, 0.3) is 5.88 Å². The first-order valence-electron chi connectivity index (χ1n) is 4.45. The largest absolute Gasteiger partial charge is 0.432 e. The Kier molecular flexibility index (Phi) is 3.71. The van der Waals surface area contributed by atoms with Gasteiger partial charge in [0.1, 0.15) is 5.15 Å². The van der Waals surface area contributed by atoms with E-state index >= 15 is 0 Å². The van der Waals surface area contributed by atoms with E-state index in [1.165, 1.54) is 6.07 Å². The van der Waals surface area contributed by atoms with Gasteiger partial charge in [-0.2, -0.15) is 0 Å². The Morgan fingerprint density at radius 1 is 1.35 bits per heavy atom. The van der Waals surface area contributed by atoms with Gasteiger partial charge in [0.15, 0.2) is 5.75 Å². The zero-order chi connectivity index (χ0) is 12.4. The number of aromatic nitrogens is 2. The Labute approximate surface area is 115 Å². The molecule has 0 unspecified atom stereocenters. The second-order valence-electron chi connectivity index (χ2n) is 3.04. The van der Waals surface area contributed by atoms with Crippen molar-refractivity contribution in [2.45, 2.75) is 0 Å². The molecule has 1 heterocycles. The Morgan fingerprint density at radius 2 is 2.12 bits per heavy atom. The van der Waals surface area contributed by atoms with Gasteiger partial charge in [-0.05, 0) is 28.1 Å². The van der Waals surface area contributed by atoms with Gasteiger partial charge in [-0.15, -0.1) is 5.10 Å². The fourth-order valence-corrected chi connectivity index (χ4v) is 2.03. The predicted molar refractivity (Wildman–Crippen MR) is 69.1 cm³/mol. The van der Waals surface area contributed by atoms with Crippen molar-refractivity contribution in [1.29, 1.82) is 0 Å². The van der Waals surface area contributed by atoms with Gasteiger partial charge in [0, 0.05) is 6.07 Å². The van der Waals surface area contributed by atoms with Crippen LogP contribution in [-0.4, -0.2) is 10.2 Å². The highest BCUT2D eigenvalue weighted by Crippen LogP contribution is 2.34. The predicted octanol–water partition coefficient (Wildman–Crippen LogP) is 3.63. The zero-order valence-electron chi connectivity index (χ0n) is 8.21. The molecule has 1 N–H and O–H groups in total. The molecule has 17 heavy (non-hydrogen) atoms. The molecule has 0 radical (unpaired) electrons. The van der Waals surface area contributed by atoms with E-state index in [4.69, 9.17) is 27.9 Å². The molecule has 0 saturated carbocycles. The molecule has 88 valence electrons. The van der Waals surface area contributed by atoms with E-state index in [1.807, 2.05) is 0 Å². The van der Waals surface area contributed by atoms with Crippen molar-refractivity contribution in [3.63, 3.8) is 0 Å². The molecule has 0 saturated heterocycles. The Bertz CT molecular complexity index is 595. The van der Waals surface area contributed by atoms with Crippen LogP contribution in [0.3, 0.4) is 0 Å². The molecule has 0 aliphatic heterocycles. The van der Waals surface area contributed by atoms with Crippen molar-refractivity contribution in [3.8, 4) is 11.6 Å². The number of rotatable bonds is 2. The summed E-state index contributed by atoms with van der Waals surface area (Å²) in [6.07, 6.45) is 0.